The molecule has 0 unspecified atom stereocenters. The second kappa shape index (κ2) is 8.88. The van der Waals surface area contributed by atoms with Crippen molar-refractivity contribution < 1.29 is 17.6 Å². The third kappa shape index (κ3) is 5.60. The molecule has 1 aliphatic carbocycles. The summed E-state index contributed by atoms with van der Waals surface area (Å²) >= 11 is 5.99. The first-order valence-corrected chi connectivity index (χ1v) is 12.1. The van der Waals surface area contributed by atoms with E-state index in [1.54, 1.807) is 31.2 Å². The highest BCUT2D eigenvalue weighted by Gasteiger charge is 2.30. The molecule has 0 radical (unpaired) electrons. The number of benzene rings is 1. The first-order chi connectivity index (χ1) is 13.6. The van der Waals surface area contributed by atoms with Gasteiger partial charge < -0.3 is 9.73 Å². The second-order valence-electron chi connectivity index (χ2n) is 8.01. The summed E-state index contributed by atoms with van der Waals surface area (Å²) in [5.41, 5.74) is 0.981. The Bertz CT molecular complexity index is 986. The van der Waals surface area contributed by atoms with Gasteiger partial charge in [0.2, 0.25) is 11.8 Å². The van der Waals surface area contributed by atoms with E-state index in [4.69, 9.17) is 16.0 Å². The predicted octanol–water partition coefficient (Wildman–Crippen LogP) is 4.16. The fourth-order valence-electron chi connectivity index (χ4n) is 3.80. The maximum atomic E-state index is 12.6. The average molecular weight is 439 g/mol. The summed E-state index contributed by atoms with van der Waals surface area (Å²) in [7, 11) is -3.68. The number of carbonyl (C=O) groups is 1. The molecule has 3 rings (SSSR count). The summed E-state index contributed by atoms with van der Waals surface area (Å²) < 4.78 is 30.8. The van der Waals surface area contributed by atoms with Crippen molar-refractivity contribution in [2.75, 3.05) is 5.75 Å². The minimum Gasteiger partial charge on any atom is -0.441 e. The number of carbonyl (C=O) groups excluding carboxylic acids is 1. The minimum atomic E-state index is -3.68. The standard InChI is InChI=1S/C21H27ClN2O4S/c1-13-6-4-9-18(14(13)2)23-20(25)12-29(26,27)11-19-15(3)28-21(24-19)16-7-5-8-17(22)10-16/h5,7-8,10,13-14,18H,4,6,9,11-12H2,1-3H3,(H,23,25)/t13-,14+,18-/m1/s1. The molecular weight excluding hydrogens is 412 g/mol. The van der Waals surface area contributed by atoms with Crippen LogP contribution < -0.4 is 5.32 Å². The Morgan fingerprint density at radius 3 is 2.79 bits per heavy atom. The van der Waals surface area contributed by atoms with Crippen LogP contribution in [0.15, 0.2) is 28.7 Å². The normalized spacial score (nSPS) is 22.4. The zero-order valence-electron chi connectivity index (χ0n) is 16.9. The second-order valence-corrected chi connectivity index (χ2v) is 10.5. The summed E-state index contributed by atoms with van der Waals surface area (Å²) in [5.74, 6) is 0.244. The van der Waals surface area contributed by atoms with Gasteiger partial charge in [-0.3, -0.25) is 4.79 Å². The van der Waals surface area contributed by atoms with Crippen molar-refractivity contribution >= 4 is 27.3 Å². The highest BCUT2D eigenvalue weighted by molar-refractivity contribution is 7.91. The highest BCUT2D eigenvalue weighted by Crippen LogP contribution is 2.29. The Hall–Kier alpha value is -1.86. The molecule has 0 saturated heterocycles. The van der Waals surface area contributed by atoms with E-state index in [9.17, 15) is 13.2 Å². The molecule has 8 heteroatoms. The third-order valence-electron chi connectivity index (χ3n) is 5.73. The fourth-order valence-corrected chi connectivity index (χ4v) is 5.26. The van der Waals surface area contributed by atoms with Gasteiger partial charge in [-0.05, 0) is 43.4 Å². The van der Waals surface area contributed by atoms with Gasteiger partial charge >= 0.3 is 0 Å². The smallest absolute Gasteiger partial charge is 0.235 e. The van der Waals surface area contributed by atoms with Gasteiger partial charge in [0.25, 0.3) is 0 Å². The number of halogens is 1. The van der Waals surface area contributed by atoms with Crippen LogP contribution in [-0.4, -0.2) is 31.1 Å². The van der Waals surface area contributed by atoms with Gasteiger partial charge in [0.1, 0.15) is 11.5 Å². The number of aromatic nitrogens is 1. The van der Waals surface area contributed by atoms with Crippen LogP contribution in [0.2, 0.25) is 5.02 Å². The number of hydrogen-bond acceptors (Lipinski definition) is 5. The SMILES string of the molecule is Cc1oc(-c2cccc(Cl)c2)nc1CS(=O)(=O)CC(=O)N[C@@H]1CCC[C@@H](C)[C@@H]1C. The van der Waals surface area contributed by atoms with E-state index < -0.39 is 21.5 Å². The van der Waals surface area contributed by atoms with E-state index in [1.807, 2.05) is 0 Å². The lowest BCUT2D eigenvalue weighted by Crippen LogP contribution is -2.45. The number of hydrogen-bond donors (Lipinski definition) is 1. The van der Waals surface area contributed by atoms with Crippen LogP contribution in [0.4, 0.5) is 0 Å². The van der Waals surface area contributed by atoms with Crippen molar-refractivity contribution in [3.8, 4) is 11.5 Å². The summed E-state index contributed by atoms with van der Waals surface area (Å²) in [4.78, 5) is 16.7. The Morgan fingerprint density at radius 2 is 2.07 bits per heavy atom. The van der Waals surface area contributed by atoms with E-state index in [0.29, 0.717) is 39.8 Å². The number of nitrogens with zero attached hydrogens (tertiary/aromatic N) is 1. The zero-order valence-corrected chi connectivity index (χ0v) is 18.5. The van der Waals surface area contributed by atoms with Gasteiger partial charge in [-0.15, -0.1) is 0 Å². The highest BCUT2D eigenvalue weighted by atomic mass is 35.5. The number of rotatable bonds is 6. The lowest BCUT2D eigenvalue weighted by molar-refractivity contribution is -0.120. The van der Waals surface area contributed by atoms with Crippen LogP contribution in [-0.2, 0) is 20.4 Å². The van der Waals surface area contributed by atoms with Gasteiger partial charge in [0.05, 0.1) is 11.4 Å². The number of amides is 1. The quantitative estimate of drug-likeness (QED) is 0.731. The van der Waals surface area contributed by atoms with Gasteiger partial charge in [-0.25, -0.2) is 13.4 Å². The summed E-state index contributed by atoms with van der Waals surface area (Å²) in [6, 6.07) is 7.02. The first kappa shape index (κ1) is 21.8. The molecule has 2 aromatic rings. The molecule has 1 saturated carbocycles. The molecule has 1 heterocycles. The van der Waals surface area contributed by atoms with Crippen LogP contribution in [0.25, 0.3) is 11.5 Å². The Morgan fingerprint density at radius 1 is 1.31 bits per heavy atom. The average Bonchev–Trinajstić information content (AvgIpc) is 2.98. The summed E-state index contributed by atoms with van der Waals surface area (Å²) in [6.07, 6.45) is 3.09. The molecular formula is C21H27ClN2O4S. The molecule has 29 heavy (non-hydrogen) atoms. The van der Waals surface area contributed by atoms with Crippen molar-refractivity contribution in [1.29, 1.82) is 0 Å². The Labute approximate surface area is 177 Å². The molecule has 0 bridgehead atoms. The number of sulfone groups is 1. The molecule has 3 atom stereocenters. The predicted molar refractivity (Wildman–Crippen MR) is 113 cm³/mol. The molecule has 1 aromatic carbocycles. The number of oxazole rings is 1. The largest absolute Gasteiger partial charge is 0.441 e. The van der Waals surface area contributed by atoms with Gasteiger partial charge in [0, 0.05) is 16.6 Å². The van der Waals surface area contributed by atoms with Gasteiger partial charge in [-0.2, -0.15) is 0 Å². The fraction of sp³-hybridized carbons (Fsp3) is 0.524. The number of aryl methyl sites for hydroxylation is 1. The van der Waals surface area contributed by atoms with E-state index in [0.717, 1.165) is 19.3 Å². The number of nitrogens with one attached hydrogen (secondary N) is 1. The first-order valence-electron chi connectivity index (χ1n) is 9.86. The van der Waals surface area contributed by atoms with E-state index in [1.165, 1.54) is 0 Å². The van der Waals surface area contributed by atoms with Crippen molar-refractivity contribution in [3.05, 3.63) is 40.7 Å². The molecule has 0 spiro atoms. The summed E-state index contributed by atoms with van der Waals surface area (Å²) in [5, 5.41) is 3.45. The van der Waals surface area contributed by atoms with Crippen molar-refractivity contribution in [3.63, 3.8) is 0 Å². The van der Waals surface area contributed by atoms with Gasteiger partial charge in [-0.1, -0.05) is 44.4 Å². The van der Waals surface area contributed by atoms with Crippen molar-refractivity contribution in [2.45, 2.75) is 51.8 Å². The monoisotopic (exact) mass is 438 g/mol. The van der Waals surface area contributed by atoms with Crippen molar-refractivity contribution in [1.82, 2.24) is 10.3 Å². The maximum Gasteiger partial charge on any atom is 0.235 e. The lowest BCUT2D eigenvalue weighted by Gasteiger charge is -2.34. The Kier molecular flexibility index (Phi) is 6.69. The molecule has 1 fully saturated rings. The van der Waals surface area contributed by atoms with Crippen LogP contribution in [0, 0.1) is 18.8 Å². The van der Waals surface area contributed by atoms with E-state index in [-0.39, 0.29) is 11.8 Å². The molecule has 158 valence electrons. The molecule has 6 nitrogen and oxygen atoms in total. The Balaban J connectivity index is 1.65. The molecule has 1 N–H and O–H groups in total. The van der Waals surface area contributed by atoms with Crippen LogP contribution in [0.3, 0.4) is 0 Å². The van der Waals surface area contributed by atoms with E-state index in [2.05, 4.69) is 24.1 Å². The van der Waals surface area contributed by atoms with Crippen molar-refractivity contribution in [2.24, 2.45) is 11.8 Å². The lowest BCUT2D eigenvalue weighted by atomic mass is 9.78. The maximum absolute atomic E-state index is 12.6. The van der Waals surface area contributed by atoms with E-state index >= 15 is 0 Å². The molecule has 1 aromatic heterocycles. The van der Waals surface area contributed by atoms with Crippen LogP contribution in [0.5, 0.6) is 0 Å². The third-order valence-corrected chi connectivity index (χ3v) is 7.38. The summed E-state index contributed by atoms with van der Waals surface area (Å²) in [6.45, 7) is 5.95. The molecule has 1 aliphatic rings. The zero-order chi connectivity index (χ0) is 21.2. The molecule has 1 amide bonds. The molecule has 0 aliphatic heterocycles. The van der Waals surface area contributed by atoms with Crippen LogP contribution in [0.1, 0.15) is 44.6 Å². The topological polar surface area (TPSA) is 89.3 Å². The minimum absolute atomic E-state index is 0.0321. The van der Waals surface area contributed by atoms with Gasteiger partial charge in [0.15, 0.2) is 9.84 Å². The van der Waals surface area contributed by atoms with Crippen LogP contribution >= 0.6 is 11.6 Å².